The monoisotopic (exact) mass is 546 g/mol. The normalized spacial score (nSPS) is 13.8. The standard InChI is InChI=1S/C31H21S.C5H5.Fe/c1-24-23-29(14-13-28-17-21-31(32-2)22-18-28)16-20-30(24)19-15-27-11-9-26(10-12-27)8-7-25-5-3-4-6-25;1-2-4-5-3-1;/h3-6,9-12,16-18,20-23H,1-2H3;1-5H;/q;;+2. The van der Waals surface area contributed by atoms with Crippen LogP contribution in [0.1, 0.15) is 33.4 Å². The van der Waals surface area contributed by atoms with Crippen LogP contribution in [0.2, 0.25) is 0 Å². The van der Waals surface area contributed by atoms with E-state index in [1.807, 2.05) is 94.2 Å². The summed E-state index contributed by atoms with van der Waals surface area (Å²) in [5.74, 6) is 20.4. The van der Waals surface area contributed by atoms with Crippen LogP contribution in [0.4, 0.5) is 0 Å². The van der Waals surface area contributed by atoms with Crippen LogP contribution >= 0.6 is 11.8 Å². The van der Waals surface area contributed by atoms with Gasteiger partial charge in [0.25, 0.3) is 0 Å². The summed E-state index contributed by atoms with van der Waals surface area (Å²) >= 11 is 1.73. The molecule has 0 aromatic heterocycles. The van der Waals surface area contributed by atoms with Gasteiger partial charge in [-0.25, -0.2) is 0 Å². The van der Waals surface area contributed by atoms with Crippen LogP contribution in [-0.4, -0.2) is 6.26 Å². The van der Waals surface area contributed by atoms with Crippen LogP contribution < -0.4 is 0 Å². The van der Waals surface area contributed by atoms with Gasteiger partial charge in [-0.15, -0.1) is 11.8 Å². The van der Waals surface area contributed by atoms with E-state index in [0.717, 1.165) is 39.3 Å². The topological polar surface area (TPSA) is 0 Å². The van der Waals surface area contributed by atoms with E-state index in [4.69, 9.17) is 0 Å². The average Bonchev–Trinajstić information content (AvgIpc) is 3.69. The molecule has 2 heteroatoms. The van der Waals surface area contributed by atoms with Gasteiger partial charge in [0, 0.05) is 32.7 Å². The Balaban J connectivity index is 0.000000598. The average molecular weight is 547 g/mol. The van der Waals surface area contributed by atoms with Crippen molar-refractivity contribution in [3.63, 3.8) is 0 Å². The van der Waals surface area contributed by atoms with E-state index < -0.39 is 0 Å². The predicted molar refractivity (Wildman–Crippen MR) is 157 cm³/mol. The molecule has 0 nitrogen and oxygen atoms in total. The second-order valence-electron chi connectivity index (χ2n) is 8.22. The van der Waals surface area contributed by atoms with Crippen molar-refractivity contribution >= 4 is 11.8 Å². The summed E-state index contributed by atoms with van der Waals surface area (Å²) in [6.07, 6.45) is 20.1. The molecule has 38 heavy (non-hydrogen) atoms. The molecule has 182 valence electrons. The van der Waals surface area contributed by atoms with Crippen LogP contribution in [0, 0.1) is 106 Å². The zero-order valence-electron chi connectivity index (χ0n) is 21.3. The van der Waals surface area contributed by atoms with E-state index in [1.54, 1.807) is 11.8 Å². The number of benzene rings is 3. The maximum absolute atomic E-state index is 3.28. The fraction of sp³-hybridized carbons (Fsp3) is 0.0556. The quantitative estimate of drug-likeness (QED) is 0.176. The summed E-state index contributed by atoms with van der Waals surface area (Å²) in [4.78, 5) is 1.25. The summed E-state index contributed by atoms with van der Waals surface area (Å²) < 4.78 is 0. The van der Waals surface area contributed by atoms with E-state index in [9.17, 15) is 0 Å². The van der Waals surface area contributed by atoms with E-state index in [2.05, 4.69) is 79.0 Å². The molecule has 2 aliphatic rings. The SMILES string of the molecule is CSc1ccc(C#Cc2ccc(C#Cc3ccc(C#C[C]4[CH][CH][CH][CH]4)cc3)c(C)c2)cc1.[CH]1[CH][CH][CH][CH]1.[Fe+2]. The van der Waals surface area contributed by atoms with Crippen LogP contribution in [-0.2, 0) is 17.1 Å². The summed E-state index contributed by atoms with van der Waals surface area (Å²) in [6.45, 7) is 2.07. The summed E-state index contributed by atoms with van der Waals surface area (Å²) in [5.41, 5.74) is 6.11. The first-order valence-electron chi connectivity index (χ1n) is 12.0. The zero-order chi connectivity index (χ0) is 25.7. The van der Waals surface area contributed by atoms with Gasteiger partial charge in [0.05, 0.1) is 5.92 Å². The van der Waals surface area contributed by atoms with Crippen LogP contribution in [0.5, 0.6) is 0 Å². The molecule has 5 rings (SSSR count). The molecule has 3 aromatic carbocycles. The van der Waals surface area contributed by atoms with Crippen molar-refractivity contribution in [2.45, 2.75) is 11.8 Å². The Labute approximate surface area is 245 Å². The Bertz CT molecular complexity index is 1330. The van der Waals surface area contributed by atoms with Gasteiger partial charge in [0.2, 0.25) is 0 Å². The number of aryl methyl sites for hydroxylation is 1. The third-order valence-corrected chi connectivity index (χ3v) is 6.21. The molecule has 0 unspecified atom stereocenters. The van der Waals surface area contributed by atoms with Gasteiger partial charge in [-0.1, -0.05) is 35.5 Å². The second-order valence-corrected chi connectivity index (χ2v) is 9.10. The first-order chi connectivity index (χ1) is 18.2. The van der Waals surface area contributed by atoms with Crippen molar-refractivity contribution in [2.75, 3.05) is 6.26 Å². The van der Waals surface area contributed by atoms with Gasteiger partial charge in [0.1, 0.15) is 0 Å². The molecular formula is C36H26FeS+2. The Hall–Kier alpha value is -2.79. The van der Waals surface area contributed by atoms with E-state index >= 15 is 0 Å². The Morgan fingerprint density at radius 1 is 0.500 bits per heavy atom. The first-order valence-corrected chi connectivity index (χ1v) is 13.2. The Kier molecular flexibility index (Phi) is 12.7. The molecule has 0 bridgehead atoms. The molecule has 10 radical (unpaired) electrons. The third-order valence-electron chi connectivity index (χ3n) is 5.46. The van der Waals surface area contributed by atoms with Crippen molar-refractivity contribution in [2.24, 2.45) is 0 Å². The van der Waals surface area contributed by atoms with Gasteiger partial charge in [-0.05, 0) is 143 Å². The molecule has 2 saturated carbocycles. The molecule has 0 amide bonds. The van der Waals surface area contributed by atoms with E-state index in [-0.39, 0.29) is 17.1 Å². The zero-order valence-corrected chi connectivity index (χ0v) is 23.2. The van der Waals surface area contributed by atoms with Crippen LogP contribution in [0.25, 0.3) is 0 Å². The number of hydrogen-bond donors (Lipinski definition) is 0. The smallest absolute Gasteiger partial charge is 0.130 e. The molecule has 0 saturated heterocycles. The van der Waals surface area contributed by atoms with E-state index in [0.29, 0.717) is 0 Å². The number of thioether (sulfide) groups is 1. The summed E-state index contributed by atoms with van der Waals surface area (Å²) in [5, 5.41) is 0. The van der Waals surface area contributed by atoms with E-state index in [1.165, 1.54) is 4.90 Å². The van der Waals surface area contributed by atoms with Crippen molar-refractivity contribution in [1.82, 2.24) is 0 Å². The Morgan fingerprint density at radius 3 is 1.47 bits per heavy atom. The second kappa shape index (κ2) is 16.2. The van der Waals surface area contributed by atoms with Gasteiger partial charge >= 0.3 is 17.1 Å². The van der Waals surface area contributed by atoms with Gasteiger partial charge < -0.3 is 0 Å². The van der Waals surface area contributed by atoms with Crippen molar-refractivity contribution in [3.05, 3.63) is 164 Å². The molecule has 0 spiro atoms. The van der Waals surface area contributed by atoms with Gasteiger partial charge in [-0.3, -0.25) is 0 Å². The van der Waals surface area contributed by atoms with Crippen LogP contribution in [0.15, 0.2) is 71.6 Å². The molecule has 0 N–H and O–H groups in total. The Morgan fingerprint density at radius 2 is 0.947 bits per heavy atom. The summed E-state index contributed by atoms with van der Waals surface area (Å²) in [7, 11) is 0. The van der Waals surface area contributed by atoms with Gasteiger partial charge in [-0.2, -0.15) is 0 Å². The minimum absolute atomic E-state index is 0. The third kappa shape index (κ3) is 9.83. The number of hydrogen-bond acceptors (Lipinski definition) is 1. The molecule has 0 atom stereocenters. The molecule has 2 fully saturated rings. The molecule has 2 aliphatic carbocycles. The summed E-state index contributed by atoms with van der Waals surface area (Å²) in [6, 6.07) is 22.5. The fourth-order valence-electron chi connectivity index (χ4n) is 3.40. The number of rotatable bonds is 1. The maximum Gasteiger partial charge on any atom is 2.00 e. The largest absolute Gasteiger partial charge is 2.00 e. The fourth-order valence-corrected chi connectivity index (χ4v) is 3.81. The minimum atomic E-state index is 0. The molecule has 0 aliphatic heterocycles. The van der Waals surface area contributed by atoms with Crippen molar-refractivity contribution in [3.8, 4) is 35.5 Å². The minimum Gasteiger partial charge on any atom is -0.130 e. The molecule has 0 heterocycles. The van der Waals surface area contributed by atoms with Crippen molar-refractivity contribution < 1.29 is 17.1 Å². The van der Waals surface area contributed by atoms with Crippen LogP contribution in [0.3, 0.4) is 0 Å². The van der Waals surface area contributed by atoms with Gasteiger partial charge in [0.15, 0.2) is 0 Å². The molecular weight excluding hydrogens is 520 g/mol. The predicted octanol–water partition coefficient (Wildman–Crippen LogP) is 7.29. The molecule has 3 aromatic rings. The van der Waals surface area contributed by atoms with Crippen molar-refractivity contribution in [1.29, 1.82) is 0 Å². The first kappa shape index (κ1) is 29.8. The maximum atomic E-state index is 3.28.